The second-order valence-corrected chi connectivity index (χ2v) is 5.88. The average Bonchev–Trinajstić information content (AvgIpc) is 2.95. The Hall–Kier alpha value is -1.55. The highest BCUT2D eigenvalue weighted by Gasteiger charge is 2.28. The van der Waals surface area contributed by atoms with E-state index < -0.39 is 0 Å². The van der Waals surface area contributed by atoms with Crippen LogP contribution in [0.25, 0.3) is 0 Å². The molecule has 2 aromatic heterocycles. The van der Waals surface area contributed by atoms with Gasteiger partial charge >= 0.3 is 0 Å². The molecular weight excluding hydrogens is 250 g/mol. The molecule has 20 heavy (non-hydrogen) atoms. The molecule has 108 valence electrons. The lowest BCUT2D eigenvalue weighted by molar-refractivity contribution is 0.368. The molecule has 4 nitrogen and oxygen atoms in total. The Morgan fingerprint density at radius 3 is 2.65 bits per heavy atom. The molecule has 2 unspecified atom stereocenters. The molecule has 0 saturated carbocycles. The van der Waals surface area contributed by atoms with Crippen molar-refractivity contribution < 1.29 is 4.42 Å². The lowest BCUT2D eigenvalue weighted by atomic mass is 9.99. The molecule has 2 N–H and O–H groups in total. The normalized spacial score (nSPS) is 17.8. The maximum atomic E-state index is 6.26. The molecule has 0 aromatic carbocycles. The smallest absolute Gasteiger partial charge is 0.128 e. The number of aryl methyl sites for hydroxylation is 3. The predicted molar refractivity (Wildman–Crippen MR) is 78.8 cm³/mol. The summed E-state index contributed by atoms with van der Waals surface area (Å²) >= 11 is 0. The molecule has 0 amide bonds. The number of nitrogens with two attached hydrogens (primary N) is 1. The van der Waals surface area contributed by atoms with Crippen molar-refractivity contribution in [2.24, 2.45) is 5.73 Å². The molecule has 0 aliphatic heterocycles. The lowest BCUT2D eigenvalue weighted by Gasteiger charge is -2.25. The number of furan rings is 1. The Balaban J connectivity index is 2.10. The maximum absolute atomic E-state index is 6.26. The first-order valence-corrected chi connectivity index (χ1v) is 7.46. The van der Waals surface area contributed by atoms with E-state index in [-0.39, 0.29) is 12.1 Å². The second-order valence-electron chi connectivity index (χ2n) is 5.88. The van der Waals surface area contributed by atoms with Gasteiger partial charge in [0, 0.05) is 11.7 Å². The average molecular weight is 273 g/mol. The first-order valence-electron chi connectivity index (χ1n) is 7.46. The van der Waals surface area contributed by atoms with E-state index in [1.54, 1.807) is 0 Å². The first-order chi connectivity index (χ1) is 9.58. The van der Waals surface area contributed by atoms with Gasteiger partial charge in [0.05, 0.1) is 5.69 Å². The summed E-state index contributed by atoms with van der Waals surface area (Å²) < 4.78 is 8.15. The largest absolute Gasteiger partial charge is 0.464 e. The molecule has 2 aromatic rings. The van der Waals surface area contributed by atoms with Crippen LogP contribution in [0, 0.1) is 13.8 Å². The van der Waals surface area contributed by atoms with E-state index in [0.29, 0.717) is 0 Å². The summed E-state index contributed by atoms with van der Waals surface area (Å²) in [7, 11) is 0. The van der Waals surface area contributed by atoms with Gasteiger partial charge < -0.3 is 14.7 Å². The molecule has 0 bridgehead atoms. The van der Waals surface area contributed by atoms with Gasteiger partial charge in [-0.05, 0) is 58.6 Å². The van der Waals surface area contributed by atoms with Crippen LogP contribution in [0.15, 0.2) is 16.5 Å². The van der Waals surface area contributed by atoms with Crippen LogP contribution in [0.5, 0.6) is 0 Å². The van der Waals surface area contributed by atoms with Gasteiger partial charge in [-0.3, -0.25) is 0 Å². The van der Waals surface area contributed by atoms with Crippen molar-refractivity contribution in [3.8, 4) is 0 Å². The highest BCUT2D eigenvalue weighted by Crippen LogP contribution is 2.31. The van der Waals surface area contributed by atoms with Crippen molar-refractivity contribution in [2.45, 2.75) is 58.5 Å². The fourth-order valence-electron chi connectivity index (χ4n) is 3.30. The zero-order valence-corrected chi connectivity index (χ0v) is 12.5. The Bertz CT molecular complexity index is 609. The number of aromatic nitrogens is 2. The third-order valence-electron chi connectivity index (χ3n) is 4.18. The summed E-state index contributed by atoms with van der Waals surface area (Å²) in [5, 5.41) is 0. The van der Waals surface area contributed by atoms with Crippen LogP contribution in [-0.4, -0.2) is 15.6 Å². The number of rotatable bonds is 3. The zero-order chi connectivity index (χ0) is 14.3. The molecule has 3 rings (SSSR count). The highest BCUT2D eigenvalue weighted by atomic mass is 16.3. The van der Waals surface area contributed by atoms with Gasteiger partial charge in [0.1, 0.15) is 23.4 Å². The predicted octanol–water partition coefficient (Wildman–Crippen LogP) is 2.91. The van der Waals surface area contributed by atoms with Gasteiger partial charge in [0.25, 0.3) is 0 Å². The van der Waals surface area contributed by atoms with Crippen LogP contribution in [-0.2, 0) is 12.8 Å². The summed E-state index contributed by atoms with van der Waals surface area (Å²) in [4.78, 5) is 4.75. The fraction of sp³-hybridized carbons (Fsp3) is 0.562. The molecule has 0 radical (unpaired) electrons. The molecule has 0 spiro atoms. The van der Waals surface area contributed by atoms with Gasteiger partial charge in [-0.25, -0.2) is 4.98 Å². The third kappa shape index (κ3) is 2.18. The minimum Gasteiger partial charge on any atom is -0.464 e. The zero-order valence-electron chi connectivity index (χ0n) is 12.5. The quantitative estimate of drug-likeness (QED) is 0.935. The van der Waals surface area contributed by atoms with Crippen molar-refractivity contribution in [1.29, 1.82) is 0 Å². The standard InChI is InChI=1S/C16H23N3O/c1-10-8-9-15(20-10)16(11(2)17)19-12(3)18-13-6-4-5-7-14(13)19/h8-9,11,16H,4-7,17H2,1-3H3. The first kappa shape index (κ1) is 13.4. The molecule has 1 aliphatic carbocycles. The van der Waals surface area contributed by atoms with Gasteiger partial charge in [-0.2, -0.15) is 0 Å². The number of fused-ring (bicyclic) bond motifs is 1. The van der Waals surface area contributed by atoms with Crippen LogP contribution in [0.1, 0.15) is 54.5 Å². The highest BCUT2D eigenvalue weighted by molar-refractivity contribution is 5.25. The van der Waals surface area contributed by atoms with Gasteiger partial charge in [-0.1, -0.05) is 0 Å². The van der Waals surface area contributed by atoms with E-state index in [1.165, 1.54) is 24.2 Å². The van der Waals surface area contributed by atoms with Crippen LogP contribution in [0.4, 0.5) is 0 Å². The minimum atomic E-state index is -0.0144. The molecule has 2 atom stereocenters. The van der Waals surface area contributed by atoms with E-state index in [4.69, 9.17) is 15.1 Å². The maximum Gasteiger partial charge on any atom is 0.128 e. The number of imidazole rings is 1. The van der Waals surface area contributed by atoms with E-state index in [0.717, 1.165) is 30.2 Å². The second kappa shape index (κ2) is 5.09. The van der Waals surface area contributed by atoms with Crippen molar-refractivity contribution >= 4 is 0 Å². The lowest BCUT2D eigenvalue weighted by Crippen LogP contribution is -2.32. The van der Waals surface area contributed by atoms with E-state index in [1.807, 2.05) is 26.0 Å². The Morgan fingerprint density at radius 1 is 1.25 bits per heavy atom. The summed E-state index contributed by atoms with van der Waals surface area (Å²) in [6.45, 7) is 6.08. The summed E-state index contributed by atoms with van der Waals surface area (Å²) in [5.74, 6) is 2.91. The van der Waals surface area contributed by atoms with Gasteiger partial charge in [-0.15, -0.1) is 0 Å². The van der Waals surface area contributed by atoms with Crippen molar-refractivity contribution in [1.82, 2.24) is 9.55 Å². The summed E-state index contributed by atoms with van der Waals surface area (Å²) in [6, 6.07) is 4.07. The van der Waals surface area contributed by atoms with Crippen LogP contribution >= 0.6 is 0 Å². The Kier molecular flexibility index (Phi) is 3.42. The molecule has 0 fully saturated rings. The van der Waals surface area contributed by atoms with Gasteiger partial charge in [0.2, 0.25) is 0 Å². The van der Waals surface area contributed by atoms with Crippen LogP contribution in [0.3, 0.4) is 0 Å². The molecular formula is C16H23N3O. The SMILES string of the molecule is Cc1ccc(C(C(C)N)n2c(C)nc3c2CCCC3)o1. The Morgan fingerprint density at radius 2 is 2.00 bits per heavy atom. The van der Waals surface area contributed by atoms with E-state index in [9.17, 15) is 0 Å². The number of hydrogen-bond acceptors (Lipinski definition) is 3. The van der Waals surface area contributed by atoms with Crippen molar-refractivity contribution in [3.63, 3.8) is 0 Å². The topological polar surface area (TPSA) is 57.0 Å². The van der Waals surface area contributed by atoms with Crippen LogP contribution in [0.2, 0.25) is 0 Å². The third-order valence-corrected chi connectivity index (χ3v) is 4.18. The fourth-order valence-corrected chi connectivity index (χ4v) is 3.30. The minimum absolute atomic E-state index is 0.0144. The van der Waals surface area contributed by atoms with E-state index in [2.05, 4.69) is 11.5 Å². The molecule has 2 heterocycles. The Labute approximate surface area is 120 Å². The van der Waals surface area contributed by atoms with Crippen molar-refractivity contribution in [3.05, 3.63) is 40.9 Å². The summed E-state index contributed by atoms with van der Waals surface area (Å²) in [5.41, 5.74) is 8.87. The van der Waals surface area contributed by atoms with Crippen molar-refractivity contribution in [2.75, 3.05) is 0 Å². The summed E-state index contributed by atoms with van der Waals surface area (Å²) in [6.07, 6.45) is 4.66. The number of nitrogens with zero attached hydrogens (tertiary/aromatic N) is 2. The van der Waals surface area contributed by atoms with Gasteiger partial charge in [0.15, 0.2) is 0 Å². The molecule has 1 aliphatic rings. The molecule has 0 saturated heterocycles. The van der Waals surface area contributed by atoms with E-state index >= 15 is 0 Å². The van der Waals surface area contributed by atoms with Crippen LogP contribution < -0.4 is 5.73 Å². The molecule has 4 heteroatoms. The number of hydrogen-bond donors (Lipinski definition) is 1. The monoisotopic (exact) mass is 273 g/mol.